The number of likely N-dealkylation sites (N-methyl/N-ethyl adjacent to an activating group) is 1. The number of amides is 1. The zero-order valence-electron chi connectivity index (χ0n) is 16.0. The molecule has 8 heteroatoms. The Bertz CT molecular complexity index is 793. The Morgan fingerprint density at radius 2 is 2.07 bits per heavy atom. The van der Waals surface area contributed by atoms with Gasteiger partial charge in [-0.3, -0.25) is 19.3 Å². The first-order chi connectivity index (χ1) is 13.1. The quantitative estimate of drug-likeness (QED) is 0.844. The van der Waals surface area contributed by atoms with Gasteiger partial charge in [-0.25, -0.2) is 0 Å². The minimum absolute atomic E-state index is 0.00470. The van der Waals surface area contributed by atoms with Crippen LogP contribution >= 0.6 is 0 Å². The first-order valence-electron chi connectivity index (χ1n) is 9.52. The first-order valence-corrected chi connectivity index (χ1v) is 9.52. The van der Waals surface area contributed by atoms with Crippen molar-refractivity contribution < 1.29 is 13.9 Å². The van der Waals surface area contributed by atoms with Crippen molar-refractivity contribution in [3.63, 3.8) is 0 Å². The number of hydrogen-bond donors (Lipinski definition) is 1. The van der Waals surface area contributed by atoms with E-state index in [0.29, 0.717) is 25.5 Å². The lowest BCUT2D eigenvalue weighted by atomic mass is 10.1. The summed E-state index contributed by atoms with van der Waals surface area (Å²) in [5, 5.41) is 7.53. The van der Waals surface area contributed by atoms with Crippen LogP contribution in [-0.4, -0.2) is 71.9 Å². The minimum atomic E-state index is -0.138. The third-order valence-electron chi connectivity index (χ3n) is 5.25. The summed E-state index contributed by atoms with van der Waals surface area (Å²) in [6.07, 6.45) is 0. The normalized spacial score (nSPS) is 19.6. The van der Waals surface area contributed by atoms with Gasteiger partial charge in [0, 0.05) is 32.7 Å². The van der Waals surface area contributed by atoms with Crippen LogP contribution in [-0.2, 0) is 17.8 Å². The van der Waals surface area contributed by atoms with E-state index in [9.17, 15) is 4.79 Å². The minimum Gasteiger partial charge on any atom is -0.465 e. The number of furan rings is 1. The average molecular weight is 373 g/mol. The van der Waals surface area contributed by atoms with Gasteiger partial charge in [-0.05, 0) is 32.2 Å². The highest BCUT2D eigenvalue weighted by Gasteiger charge is 2.26. The number of fused-ring (bicyclic) bond motifs is 1. The summed E-state index contributed by atoms with van der Waals surface area (Å²) in [6.45, 7) is 8.06. The highest BCUT2D eigenvalue weighted by atomic mass is 16.5. The molecule has 0 unspecified atom stereocenters. The second kappa shape index (κ2) is 7.84. The molecule has 1 fully saturated rings. The Kier molecular flexibility index (Phi) is 5.29. The van der Waals surface area contributed by atoms with Crippen LogP contribution in [0.1, 0.15) is 33.7 Å². The number of nitrogens with one attached hydrogen (secondary N) is 1. The van der Waals surface area contributed by atoms with E-state index in [1.54, 1.807) is 0 Å². The van der Waals surface area contributed by atoms with Crippen LogP contribution in [0.25, 0.3) is 0 Å². The molecule has 1 amide bonds. The molecule has 0 aliphatic carbocycles. The molecule has 2 aliphatic heterocycles. The fourth-order valence-corrected chi connectivity index (χ4v) is 3.72. The van der Waals surface area contributed by atoms with Crippen LogP contribution in [0.5, 0.6) is 0 Å². The van der Waals surface area contributed by atoms with E-state index < -0.39 is 0 Å². The molecule has 0 spiro atoms. The van der Waals surface area contributed by atoms with Gasteiger partial charge >= 0.3 is 0 Å². The van der Waals surface area contributed by atoms with Crippen LogP contribution in [0.4, 0.5) is 0 Å². The van der Waals surface area contributed by atoms with Crippen molar-refractivity contribution in [1.82, 2.24) is 24.9 Å². The lowest BCUT2D eigenvalue weighted by Crippen LogP contribution is -2.43. The first kappa shape index (κ1) is 18.2. The Morgan fingerprint density at radius 3 is 2.81 bits per heavy atom. The summed E-state index contributed by atoms with van der Waals surface area (Å²) in [5.41, 5.74) is 1.57. The van der Waals surface area contributed by atoms with E-state index in [2.05, 4.69) is 27.3 Å². The van der Waals surface area contributed by atoms with E-state index in [0.717, 1.165) is 49.9 Å². The molecule has 1 N–H and O–H groups in total. The molecular formula is C19H27N5O3. The molecule has 8 nitrogen and oxygen atoms in total. The molecule has 2 aliphatic rings. The number of hydrogen-bond acceptors (Lipinski definition) is 6. The third kappa shape index (κ3) is 4.07. The molecule has 27 heavy (non-hydrogen) atoms. The number of carbonyl (C=O) groups excluding carboxylic acids is 1. The predicted octanol–water partition coefficient (Wildman–Crippen LogP) is 1.03. The predicted molar refractivity (Wildman–Crippen MR) is 99.5 cm³/mol. The number of ether oxygens (including phenoxy) is 1. The van der Waals surface area contributed by atoms with Crippen molar-refractivity contribution in [2.24, 2.45) is 0 Å². The van der Waals surface area contributed by atoms with Crippen molar-refractivity contribution in [3.8, 4) is 0 Å². The van der Waals surface area contributed by atoms with Crippen LogP contribution in [0.3, 0.4) is 0 Å². The van der Waals surface area contributed by atoms with Gasteiger partial charge in [-0.1, -0.05) is 0 Å². The van der Waals surface area contributed by atoms with Gasteiger partial charge in [0.1, 0.15) is 17.2 Å². The van der Waals surface area contributed by atoms with Crippen molar-refractivity contribution in [2.75, 3.05) is 46.4 Å². The van der Waals surface area contributed by atoms with E-state index in [1.807, 2.05) is 29.8 Å². The Balaban J connectivity index is 1.44. The summed E-state index contributed by atoms with van der Waals surface area (Å²) in [4.78, 5) is 17.2. The fraction of sp³-hybridized carbons (Fsp3) is 0.579. The SMILES string of the molecule is Cc1ccc([C@H](CNC(=O)c2cc3n(n2)CCN(C)C3)N2CCOCC2)o1. The van der Waals surface area contributed by atoms with Gasteiger partial charge in [-0.2, -0.15) is 5.10 Å². The summed E-state index contributed by atoms with van der Waals surface area (Å²) < 4.78 is 13.3. The van der Waals surface area contributed by atoms with Gasteiger partial charge in [0.2, 0.25) is 0 Å². The topological polar surface area (TPSA) is 75.8 Å². The number of aryl methyl sites for hydroxylation is 1. The number of morpholine rings is 1. The van der Waals surface area contributed by atoms with Crippen molar-refractivity contribution >= 4 is 5.91 Å². The average Bonchev–Trinajstić information content (AvgIpc) is 3.28. The molecule has 4 rings (SSSR count). The molecule has 0 bridgehead atoms. The summed E-state index contributed by atoms with van der Waals surface area (Å²) in [6, 6.07) is 5.85. The van der Waals surface area contributed by atoms with Crippen LogP contribution in [0, 0.1) is 6.92 Å². The second-order valence-corrected chi connectivity index (χ2v) is 7.30. The van der Waals surface area contributed by atoms with Crippen molar-refractivity contribution in [2.45, 2.75) is 26.1 Å². The molecule has 1 atom stereocenters. The fourth-order valence-electron chi connectivity index (χ4n) is 3.72. The van der Waals surface area contributed by atoms with Gasteiger partial charge < -0.3 is 14.5 Å². The number of nitrogens with zero attached hydrogens (tertiary/aromatic N) is 4. The Labute approximate surface area is 159 Å². The van der Waals surface area contributed by atoms with Crippen LogP contribution < -0.4 is 5.32 Å². The summed E-state index contributed by atoms with van der Waals surface area (Å²) >= 11 is 0. The van der Waals surface area contributed by atoms with E-state index >= 15 is 0 Å². The monoisotopic (exact) mass is 373 g/mol. The maximum Gasteiger partial charge on any atom is 0.271 e. The van der Waals surface area contributed by atoms with E-state index in [4.69, 9.17) is 9.15 Å². The van der Waals surface area contributed by atoms with Crippen LogP contribution in [0.15, 0.2) is 22.6 Å². The standard InChI is InChI=1S/C19H27N5O3/c1-14-3-4-18(27-14)17(23-7-9-26-10-8-23)12-20-19(25)16-11-15-13-22(2)5-6-24(15)21-16/h3-4,11,17H,5-10,12-13H2,1-2H3,(H,20,25)/t17-/m0/s1. The van der Waals surface area contributed by atoms with E-state index in [-0.39, 0.29) is 11.9 Å². The summed E-state index contributed by atoms with van der Waals surface area (Å²) in [5.74, 6) is 1.61. The maximum absolute atomic E-state index is 12.7. The van der Waals surface area contributed by atoms with Crippen LogP contribution in [0.2, 0.25) is 0 Å². The molecule has 0 saturated carbocycles. The Morgan fingerprint density at radius 1 is 1.26 bits per heavy atom. The second-order valence-electron chi connectivity index (χ2n) is 7.30. The van der Waals surface area contributed by atoms with Gasteiger partial charge in [0.15, 0.2) is 0 Å². The molecule has 146 valence electrons. The van der Waals surface area contributed by atoms with Crippen molar-refractivity contribution in [1.29, 1.82) is 0 Å². The molecule has 2 aromatic rings. The molecule has 0 radical (unpaired) electrons. The highest BCUT2D eigenvalue weighted by Crippen LogP contribution is 2.23. The zero-order chi connectivity index (χ0) is 18.8. The molecule has 4 heterocycles. The van der Waals surface area contributed by atoms with Gasteiger partial charge in [0.05, 0.1) is 31.5 Å². The Hall–Kier alpha value is -2.16. The lowest BCUT2D eigenvalue weighted by Gasteiger charge is -2.33. The number of aromatic nitrogens is 2. The molecule has 1 saturated heterocycles. The maximum atomic E-state index is 12.7. The zero-order valence-corrected chi connectivity index (χ0v) is 16.0. The smallest absolute Gasteiger partial charge is 0.271 e. The summed E-state index contributed by atoms with van der Waals surface area (Å²) in [7, 11) is 2.08. The van der Waals surface area contributed by atoms with Gasteiger partial charge in [-0.15, -0.1) is 0 Å². The van der Waals surface area contributed by atoms with Gasteiger partial charge in [0.25, 0.3) is 5.91 Å². The lowest BCUT2D eigenvalue weighted by molar-refractivity contribution is 0.0116. The van der Waals surface area contributed by atoms with Crippen molar-refractivity contribution in [3.05, 3.63) is 41.1 Å². The molecule has 2 aromatic heterocycles. The molecule has 0 aromatic carbocycles. The number of carbonyl (C=O) groups is 1. The molecular weight excluding hydrogens is 346 g/mol. The largest absolute Gasteiger partial charge is 0.465 e. The highest BCUT2D eigenvalue weighted by molar-refractivity contribution is 5.92. The third-order valence-corrected chi connectivity index (χ3v) is 5.25. The van der Waals surface area contributed by atoms with E-state index in [1.165, 1.54) is 0 Å². The number of rotatable bonds is 5.